The third kappa shape index (κ3) is 3.01. The van der Waals surface area contributed by atoms with Crippen molar-refractivity contribution >= 4 is 17.2 Å². The maximum absolute atomic E-state index is 12.7. The van der Waals surface area contributed by atoms with Crippen molar-refractivity contribution in [2.75, 3.05) is 26.3 Å². The van der Waals surface area contributed by atoms with Crippen molar-refractivity contribution < 1.29 is 9.53 Å². The van der Waals surface area contributed by atoms with Crippen molar-refractivity contribution in [1.82, 2.24) is 14.5 Å². The minimum atomic E-state index is 0.0951. The Hall–Kier alpha value is -1.66. The Labute approximate surface area is 128 Å². The van der Waals surface area contributed by atoms with Crippen molar-refractivity contribution in [1.29, 1.82) is 0 Å². The SMILES string of the molecule is CCCc1nc(-n2cccc2)sc1C(=O)N1CCOCC1. The molecule has 21 heavy (non-hydrogen) atoms. The van der Waals surface area contributed by atoms with Crippen molar-refractivity contribution in [2.24, 2.45) is 0 Å². The lowest BCUT2D eigenvalue weighted by Crippen LogP contribution is -2.40. The van der Waals surface area contributed by atoms with Gasteiger partial charge < -0.3 is 14.2 Å². The Bertz CT molecular complexity index is 600. The van der Waals surface area contributed by atoms with Crippen LogP contribution >= 0.6 is 11.3 Å². The molecule has 0 unspecified atom stereocenters. The summed E-state index contributed by atoms with van der Waals surface area (Å²) in [7, 11) is 0. The van der Waals surface area contributed by atoms with Crippen LogP contribution < -0.4 is 0 Å². The highest BCUT2D eigenvalue weighted by Crippen LogP contribution is 2.25. The first kappa shape index (κ1) is 14.3. The smallest absolute Gasteiger partial charge is 0.266 e. The van der Waals surface area contributed by atoms with Crippen LogP contribution in [0.2, 0.25) is 0 Å². The summed E-state index contributed by atoms with van der Waals surface area (Å²) in [5.74, 6) is 0.0951. The van der Waals surface area contributed by atoms with Crippen LogP contribution in [0.4, 0.5) is 0 Å². The minimum absolute atomic E-state index is 0.0951. The van der Waals surface area contributed by atoms with E-state index in [0.717, 1.165) is 28.5 Å². The summed E-state index contributed by atoms with van der Waals surface area (Å²) in [6.45, 7) is 4.69. The Kier molecular flexibility index (Phi) is 4.36. The van der Waals surface area contributed by atoms with Gasteiger partial charge in [-0.05, 0) is 18.6 Å². The summed E-state index contributed by atoms with van der Waals surface area (Å²) in [5, 5.41) is 0.861. The van der Waals surface area contributed by atoms with E-state index in [9.17, 15) is 4.79 Å². The fourth-order valence-electron chi connectivity index (χ4n) is 2.40. The molecule has 2 aromatic heterocycles. The van der Waals surface area contributed by atoms with Crippen molar-refractivity contribution in [2.45, 2.75) is 19.8 Å². The van der Waals surface area contributed by atoms with Gasteiger partial charge in [-0.15, -0.1) is 0 Å². The predicted molar refractivity (Wildman–Crippen MR) is 82.2 cm³/mol. The van der Waals surface area contributed by atoms with Crippen molar-refractivity contribution in [3.8, 4) is 5.13 Å². The molecule has 5 nitrogen and oxygen atoms in total. The molecule has 2 aromatic rings. The number of thiazole rings is 1. The highest BCUT2D eigenvalue weighted by atomic mass is 32.1. The minimum Gasteiger partial charge on any atom is -0.378 e. The maximum atomic E-state index is 12.7. The molecule has 0 radical (unpaired) electrons. The predicted octanol–water partition coefficient (Wildman–Crippen LogP) is 2.36. The molecule has 0 spiro atoms. The van der Waals surface area contributed by atoms with E-state index in [0.29, 0.717) is 26.3 Å². The van der Waals surface area contributed by atoms with Gasteiger partial charge in [0.1, 0.15) is 4.88 Å². The molecule has 1 saturated heterocycles. The lowest BCUT2D eigenvalue weighted by Gasteiger charge is -2.26. The molecular weight excluding hydrogens is 286 g/mol. The normalized spacial score (nSPS) is 15.4. The van der Waals surface area contributed by atoms with Crippen LogP contribution in [-0.2, 0) is 11.2 Å². The standard InChI is InChI=1S/C15H19N3O2S/c1-2-5-12-13(14(19)17-8-10-20-11-9-17)21-15(16-12)18-6-3-4-7-18/h3-4,6-7H,2,5,8-11H2,1H3. The van der Waals surface area contributed by atoms with Gasteiger partial charge in [0.05, 0.1) is 18.9 Å². The quantitative estimate of drug-likeness (QED) is 0.871. The second kappa shape index (κ2) is 6.41. The summed E-state index contributed by atoms with van der Waals surface area (Å²) in [6.07, 6.45) is 5.73. The molecule has 3 heterocycles. The van der Waals surface area contributed by atoms with E-state index in [-0.39, 0.29) is 5.91 Å². The number of morpholine rings is 1. The molecule has 0 atom stereocenters. The van der Waals surface area contributed by atoms with E-state index in [4.69, 9.17) is 4.74 Å². The lowest BCUT2D eigenvalue weighted by molar-refractivity contribution is 0.0305. The van der Waals surface area contributed by atoms with Gasteiger partial charge in [-0.25, -0.2) is 4.98 Å². The monoisotopic (exact) mass is 305 g/mol. The number of hydrogen-bond acceptors (Lipinski definition) is 4. The van der Waals surface area contributed by atoms with Gasteiger partial charge >= 0.3 is 0 Å². The molecule has 0 bridgehead atoms. The zero-order chi connectivity index (χ0) is 14.7. The topological polar surface area (TPSA) is 47.4 Å². The number of rotatable bonds is 4. The average Bonchev–Trinajstić information content (AvgIpc) is 3.17. The van der Waals surface area contributed by atoms with Gasteiger partial charge in [-0.2, -0.15) is 0 Å². The molecular formula is C15H19N3O2S. The van der Waals surface area contributed by atoms with Gasteiger partial charge in [0.25, 0.3) is 5.91 Å². The first-order valence-electron chi connectivity index (χ1n) is 7.29. The molecule has 0 aliphatic carbocycles. The molecule has 1 amide bonds. The number of carbonyl (C=O) groups excluding carboxylic acids is 1. The van der Waals surface area contributed by atoms with E-state index in [2.05, 4.69) is 11.9 Å². The van der Waals surface area contributed by atoms with Crippen LogP contribution in [0.5, 0.6) is 0 Å². The first-order chi connectivity index (χ1) is 10.3. The molecule has 1 fully saturated rings. The zero-order valence-electron chi connectivity index (χ0n) is 12.1. The summed E-state index contributed by atoms with van der Waals surface area (Å²) in [4.78, 5) is 20.0. The van der Waals surface area contributed by atoms with Crippen LogP contribution in [0.15, 0.2) is 24.5 Å². The van der Waals surface area contributed by atoms with E-state index in [1.54, 1.807) is 0 Å². The Balaban J connectivity index is 1.90. The Morgan fingerprint density at radius 3 is 2.71 bits per heavy atom. The van der Waals surface area contributed by atoms with E-state index < -0.39 is 0 Å². The first-order valence-corrected chi connectivity index (χ1v) is 8.11. The third-order valence-electron chi connectivity index (χ3n) is 3.49. The van der Waals surface area contributed by atoms with Crippen LogP contribution in [0, 0.1) is 0 Å². The summed E-state index contributed by atoms with van der Waals surface area (Å²) in [5.41, 5.74) is 0.919. The zero-order valence-corrected chi connectivity index (χ0v) is 12.9. The van der Waals surface area contributed by atoms with Crippen molar-refractivity contribution in [3.05, 3.63) is 35.1 Å². The number of amides is 1. The second-order valence-electron chi connectivity index (χ2n) is 5.02. The number of aryl methyl sites for hydroxylation is 1. The number of aromatic nitrogens is 2. The van der Waals surface area contributed by atoms with Gasteiger partial charge in [-0.1, -0.05) is 24.7 Å². The number of carbonyl (C=O) groups is 1. The van der Waals surface area contributed by atoms with Crippen LogP contribution in [0.1, 0.15) is 28.7 Å². The van der Waals surface area contributed by atoms with Gasteiger partial charge in [-0.3, -0.25) is 4.79 Å². The molecule has 1 aliphatic heterocycles. The third-order valence-corrected chi connectivity index (χ3v) is 4.59. The molecule has 0 saturated carbocycles. The van der Waals surface area contributed by atoms with Gasteiger partial charge in [0.2, 0.25) is 0 Å². The second-order valence-corrected chi connectivity index (χ2v) is 5.99. The summed E-state index contributed by atoms with van der Waals surface area (Å²) in [6, 6.07) is 3.93. The Morgan fingerprint density at radius 1 is 1.33 bits per heavy atom. The van der Waals surface area contributed by atoms with E-state index in [1.165, 1.54) is 11.3 Å². The van der Waals surface area contributed by atoms with E-state index in [1.807, 2.05) is 34.0 Å². The largest absolute Gasteiger partial charge is 0.378 e. The summed E-state index contributed by atoms with van der Waals surface area (Å²) < 4.78 is 7.28. The maximum Gasteiger partial charge on any atom is 0.266 e. The average molecular weight is 305 g/mol. The highest BCUT2D eigenvalue weighted by molar-refractivity contribution is 7.16. The molecule has 3 rings (SSSR count). The molecule has 112 valence electrons. The molecule has 1 aliphatic rings. The lowest BCUT2D eigenvalue weighted by atomic mass is 10.2. The highest BCUT2D eigenvalue weighted by Gasteiger charge is 2.24. The van der Waals surface area contributed by atoms with Gasteiger partial charge in [0.15, 0.2) is 5.13 Å². The summed E-state index contributed by atoms with van der Waals surface area (Å²) >= 11 is 1.48. The van der Waals surface area contributed by atoms with Crippen molar-refractivity contribution in [3.63, 3.8) is 0 Å². The van der Waals surface area contributed by atoms with E-state index >= 15 is 0 Å². The number of ether oxygens (including phenoxy) is 1. The van der Waals surface area contributed by atoms with Crippen LogP contribution in [0.25, 0.3) is 5.13 Å². The molecule has 0 aromatic carbocycles. The fraction of sp³-hybridized carbons (Fsp3) is 0.467. The Morgan fingerprint density at radius 2 is 2.05 bits per heavy atom. The number of hydrogen-bond donors (Lipinski definition) is 0. The molecule has 6 heteroatoms. The number of nitrogens with zero attached hydrogens (tertiary/aromatic N) is 3. The van der Waals surface area contributed by atoms with Gasteiger partial charge in [0, 0.05) is 25.5 Å². The van der Waals surface area contributed by atoms with Crippen LogP contribution in [-0.4, -0.2) is 46.7 Å². The fourth-order valence-corrected chi connectivity index (χ4v) is 3.44. The van der Waals surface area contributed by atoms with Crippen LogP contribution in [0.3, 0.4) is 0 Å². The molecule has 0 N–H and O–H groups in total.